The van der Waals surface area contributed by atoms with Crippen LogP contribution in [0, 0.1) is 0 Å². The van der Waals surface area contributed by atoms with E-state index in [1.807, 2.05) is 0 Å². The first-order valence-electron chi connectivity index (χ1n) is 6.07. The third-order valence-electron chi connectivity index (χ3n) is 3.48. The summed E-state index contributed by atoms with van der Waals surface area (Å²) in [7, 11) is 0. The molecule has 0 heterocycles. The molecule has 0 atom stereocenters. The van der Waals surface area contributed by atoms with E-state index >= 15 is 0 Å². The van der Waals surface area contributed by atoms with Gasteiger partial charge in [-0.1, -0.05) is 24.3 Å². The molecule has 1 aliphatic rings. The Morgan fingerprint density at radius 1 is 1.00 bits per heavy atom. The van der Waals surface area contributed by atoms with E-state index in [2.05, 4.69) is 0 Å². The Morgan fingerprint density at radius 2 is 1.52 bits per heavy atom. The maximum atomic E-state index is 12.5. The van der Waals surface area contributed by atoms with Crippen molar-refractivity contribution in [2.45, 2.75) is 0 Å². The van der Waals surface area contributed by atoms with Gasteiger partial charge in [-0.2, -0.15) is 0 Å². The second-order valence-electron chi connectivity index (χ2n) is 4.68. The van der Waals surface area contributed by atoms with Gasteiger partial charge in [-0.05, 0) is 6.07 Å². The largest absolute Gasteiger partial charge is 0.507 e. The Bertz CT molecular complexity index is 840. The highest BCUT2D eigenvalue weighted by molar-refractivity contribution is 6.31. The molecular formula is C15H10N2O4. The average Bonchev–Trinajstić information content (AvgIpc) is 2.46. The molecule has 2 aromatic rings. The van der Waals surface area contributed by atoms with Crippen molar-refractivity contribution in [3.05, 3.63) is 58.1 Å². The zero-order valence-corrected chi connectivity index (χ0v) is 10.7. The first-order chi connectivity index (χ1) is 9.93. The SMILES string of the molecule is NC(=O)c1cc(O)c2c(c1N)C(=O)c1ccccc1C2=O. The number of aromatic hydroxyl groups is 1. The molecule has 6 heteroatoms. The fourth-order valence-electron chi connectivity index (χ4n) is 2.50. The maximum Gasteiger partial charge on any atom is 0.250 e. The topological polar surface area (TPSA) is 123 Å². The predicted molar refractivity (Wildman–Crippen MR) is 74.3 cm³/mol. The van der Waals surface area contributed by atoms with Crippen molar-refractivity contribution >= 4 is 23.2 Å². The van der Waals surface area contributed by atoms with E-state index in [1.165, 1.54) is 12.1 Å². The maximum absolute atomic E-state index is 12.5. The molecule has 5 N–H and O–H groups in total. The summed E-state index contributed by atoms with van der Waals surface area (Å²) in [6, 6.07) is 7.23. The van der Waals surface area contributed by atoms with Crippen molar-refractivity contribution in [3.63, 3.8) is 0 Å². The van der Waals surface area contributed by atoms with Crippen molar-refractivity contribution in [3.8, 4) is 5.75 Å². The monoisotopic (exact) mass is 282 g/mol. The summed E-state index contributed by atoms with van der Waals surface area (Å²) in [6.07, 6.45) is 0. The molecule has 104 valence electrons. The molecule has 1 amide bonds. The van der Waals surface area contributed by atoms with Gasteiger partial charge in [0.15, 0.2) is 11.6 Å². The van der Waals surface area contributed by atoms with E-state index in [0.29, 0.717) is 0 Å². The number of nitrogen functional groups attached to an aromatic ring is 1. The number of phenolic OH excluding ortho intramolecular Hbond substituents is 1. The summed E-state index contributed by atoms with van der Waals surface area (Å²) in [4.78, 5) is 36.3. The number of benzene rings is 2. The number of primary amides is 1. The van der Waals surface area contributed by atoms with Crippen LogP contribution in [-0.2, 0) is 0 Å². The van der Waals surface area contributed by atoms with Gasteiger partial charge in [-0.15, -0.1) is 0 Å². The number of hydrogen-bond acceptors (Lipinski definition) is 5. The lowest BCUT2D eigenvalue weighted by molar-refractivity contribution is 0.0975. The first kappa shape index (κ1) is 12.9. The highest BCUT2D eigenvalue weighted by Gasteiger charge is 2.35. The number of anilines is 1. The summed E-state index contributed by atoms with van der Waals surface area (Å²) in [6.45, 7) is 0. The quantitative estimate of drug-likeness (QED) is 0.451. The van der Waals surface area contributed by atoms with Gasteiger partial charge in [-0.3, -0.25) is 14.4 Å². The third kappa shape index (κ3) is 1.62. The molecule has 0 aromatic heterocycles. The minimum absolute atomic E-state index is 0.174. The minimum atomic E-state index is -0.885. The van der Waals surface area contributed by atoms with Crippen LogP contribution < -0.4 is 11.5 Å². The number of phenols is 1. The molecule has 0 saturated carbocycles. The second-order valence-corrected chi connectivity index (χ2v) is 4.68. The highest BCUT2D eigenvalue weighted by atomic mass is 16.3. The van der Waals surface area contributed by atoms with Gasteiger partial charge in [0.2, 0.25) is 0 Å². The van der Waals surface area contributed by atoms with E-state index in [1.54, 1.807) is 12.1 Å². The van der Waals surface area contributed by atoms with Crippen LogP contribution in [0.4, 0.5) is 5.69 Å². The molecule has 0 radical (unpaired) electrons. The van der Waals surface area contributed by atoms with Crippen molar-refractivity contribution < 1.29 is 19.5 Å². The van der Waals surface area contributed by atoms with Crippen LogP contribution in [0.2, 0.25) is 0 Å². The van der Waals surface area contributed by atoms with Gasteiger partial charge < -0.3 is 16.6 Å². The zero-order valence-electron chi connectivity index (χ0n) is 10.7. The number of carbonyl (C=O) groups is 3. The van der Waals surface area contributed by atoms with Crippen molar-refractivity contribution in [1.82, 2.24) is 0 Å². The Labute approximate surface area is 119 Å². The van der Waals surface area contributed by atoms with Crippen LogP contribution >= 0.6 is 0 Å². The Kier molecular flexibility index (Phi) is 2.56. The number of ketones is 2. The third-order valence-corrected chi connectivity index (χ3v) is 3.48. The average molecular weight is 282 g/mol. The standard InChI is InChI=1S/C15H10N2O4/c16-12-8(15(17)21)5-9(18)10-11(12)14(20)7-4-2-1-3-6(7)13(10)19/h1-5,18H,16H2,(H2,17,21). The smallest absolute Gasteiger partial charge is 0.250 e. The molecule has 0 aliphatic heterocycles. The van der Waals surface area contributed by atoms with Crippen LogP contribution in [0.5, 0.6) is 5.75 Å². The molecule has 0 unspecified atom stereocenters. The van der Waals surface area contributed by atoms with Gasteiger partial charge in [0.05, 0.1) is 22.4 Å². The molecule has 1 aliphatic carbocycles. The lowest BCUT2D eigenvalue weighted by atomic mass is 9.81. The molecule has 3 rings (SSSR count). The second kappa shape index (κ2) is 4.17. The summed E-state index contributed by atoms with van der Waals surface area (Å²) >= 11 is 0. The summed E-state index contributed by atoms with van der Waals surface area (Å²) < 4.78 is 0. The van der Waals surface area contributed by atoms with Crippen molar-refractivity contribution in [2.75, 3.05) is 5.73 Å². The van der Waals surface area contributed by atoms with Gasteiger partial charge in [0.1, 0.15) is 5.75 Å². The van der Waals surface area contributed by atoms with Crippen LogP contribution in [-0.4, -0.2) is 22.6 Å². The van der Waals surface area contributed by atoms with Gasteiger partial charge in [0.25, 0.3) is 5.91 Å². The number of fused-ring (bicyclic) bond motifs is 2. The van der Waals surface area contributed by atoms with E-state index < -0.39 is 23.2 Å². The normalized spacial score (nSPS) is 12.8. The molecular weight excluding hydrogens is 272 g/mol. The molecule has 0 bridgehead atoms. The Morgan fingerprint density at radius 3 is 2.05 bits per heavy atom. The summed E-state index contributed by atoms with van der Waals surface area (Å²) in [5.41, 5.74) is 10.6. The van der Waals surface area contributed by atoms with Gasteiger partial charge in [0, 0.05) is 11.1 Å². The fraction of sp³-hybridized carbons (Fsp3) is 0. The first-order valence-corrected chi connectivity index (χ1v) is 6.07. The number of nitrogens with two attached hydrogens (primary N) is 2. The van der Waals surface area contributed by atoms with E-state index in [-0.39, 0.29) is 33.5 Å². The van der Waals surface area contributed by atoms with E-state index in [9.17, 15) is 19.5 Å². The van der Waals surface area contributed by atoms with Gasteiger partial charge >= 0.3 is 0 Å². The number of amides is 1. The molecule has 2 aromatic carbocycles. The van der Waals surface area contributed by atoms with Crippen molar-refractivity contribution in [2.24, 2.45) is 5.73 Å². The predicted octanol–water partition coefficient (Wildman–Crippen LogP) is 0.849. The van der Waals surface area contributed by atoms with E-state index in [0.717, 1.165) is 6.07 Å². The van der Waals surface area contributed by atoms with Crippen molar-refractivity contribution in [1.29, 1.82) is 0 Å². The van der Waals surface area contributed by atoms with Gasteiger partial charge in [-0.25, -0.2) is 0 Å². The summed E-state index contributed by atoms with van der Waals surface area (Å²) in [5.74, 6) is -2.40. The van der Waals surface area contributed by atoms with Crippen LogP contribution in [0.25, 0.3) is 0 Å². The Balaban J connectivity index is 2.41. The molecule has 0 saturated heterocycles. The molecule has 0 spiro atoms. The number of rotatable bonds is 1. The van der Waals surface area contributed by atoms with Crippen LogP contribution in [0.1, 0.15) is 42.2 Å². The fourth-order valence-corrected chi connectivity index (χ4v) is 2.50. The molecule has 6 nitrogen and oxygen atoms in total. The molecule has 21 heavy (non-hydrogen) atoms. The molecule has 0 fully saturated rings. The van der Waals surface area contributed by atoms with Crippen LogP contribution in [0.15, 0.2) is 30.3 Å². The minimum Gasteiger partial charge on any atom is -0.507 e. The highest BCUT2D eigenvalue weighted by Crippen LogP contribution is 2.37. The number of hydrogen-bond donors (Lipinski definition) is 3. The van der Waals surface area contributed by atoms with Crippen LogP contribution in [0.3, 0.4) is 0 Å². The lowest BCUT2D eigenvalue weighted by Gasteiger charge is -2.20. The Hall–Kier alpha value is -3.15. The number of carbonyl (C=O) groups excluding carboxylic acids is 3. The van der Waals surface area contributed by atoms with E-state index in [4.69, 9.17) is 11.5 Å². The zero-order chi connectivity index (χ0) is 15.3. The summed E-state index contributed by atoms with van der Waals surface area (Å²) in [5, 5.41) is 9.99. The lowest BCUT2D eigenvalue weighted by Crippen LogP contribution is -2.25.